The van der Waals surface area contributed by atoms with Gasteiger partial charge in [0.2, 0.25) is 0 Å². The van der Waals surface area contributed by atoms with Crippen LogP contribution in [0, 0.1) is 0 Å². The molecule has 0 rings (SSSR count). The average Bonchev–Trinajstić information content (AvgIpc) is 2.02. The predicted molar refractivity (Wildman–Crippen MR) is 58.7 cm³/mol. The first kappa shape index (κ1) is 14.6. The van der Waals surface area contributed by atoms with Crippen LogP contribution in [-0.2, 0) is 0 Å². The van der Waals surface area contributed by atoms with Crippen LogP contribution in [0.4, 0.5) is 0 Å². The van der Waals surface area contributed by atoms with Crippen molar-refractivity contribution in [3.8, 4) is 0 Å². The van der Waals surface area contributed by atoms with Gasteiger partial charge in [0.05, 0.1) is 0 Å². The Labute approximate surface area is 86.7 Å². The van der Waals surface area contributed by atoms with Gasteiger partial charge in [0, 0.05) is 0 Å². The molecule has 66 valence electrons. The van der Waals surface area contributed by atoms with Gasteiger partial charge in [0.25, 0.3) is 0 Å². The number of nitrogens with zero attached hydrogens (tertiary/aromatic N) is 1. The van der Waals surface area contributed by atoms with E-state index in [-0.39, 0.29) is 0 Å². The van der Waals surface area contributed by atoms with Crippen molar-refractivity contribution >= 4 is 17.7 Å². The summed E-state index contributed by atoms with van der Waals surface area (Å²) < 4.78 is 0. The first-order valence-corrected chi connectivity index (χ1v) is 4.47. The molecule has 0 aromatic carbocycles. The molecule has 0 radical (unpaired) electrons. The molecular weight excluding hydrogens is 141 g/mol. The molecule has 0 unspecified atom stereocenters. The summed E-state index contributed by atoms with van der Waals surface area (Å²) in [6, 6.07) is 0. The van der Waals surface area contributed by atoms with Crippen LogP contribution in [0.1, 0.15) is 13.3 Å². The fourth-order valence-electron chi connectivity index (χ4n) is 0.474. The predicted octanol–water partition coefficient (Wildman–Crippen LogP) is 2.27. The number of hydrogen-bond donors (Lipinski definition) is 0. The van der Waals surface area contributed by atoms with Crippen LogP contribution in [0.15, 0.2) is 24.8 Å². The minimum atomic E-state index is 1.02. The molecule has 1 nitrogen and oxygen atoms in total. The zero-order chi connectivity index (χ0) is 9.98. The molecule has 0 saturated carbocycles. The fraction of sp³-hybridized carbons (Fsp3) is 0.600. The summed E-state index contributed by atoms with van der Waals surface area (Å²) >= 11 is 2.21. The second-order valence-corrected chi connectivity index (χ2v) is 3.21. The van der Waals surface area contributed by atoms with Crippen LogP contribution in [0.3, 0.4) is 0 Å². The van der Waals surface area contributed by atoms with E-state index >= 15 is 0 Å². The normalized spacial score (nSPS) is 8.83. The molecule has 2 heteroatoms. The minimum absolute atomic E-state index is 1.02. The van der Waals surface area contributed by atoms with E-state index in [4.69, 9.17) is 0 Å². The van der Waals surface area contributed by atoms with E-state index in [1.165, 1.54) is 18.1 Å². The van der Waals surface area contributed by atoms with Crippen molar-refractivity contribution in [2.24, 2.45) is 0 Å². The Morgan fingerprint density at radius 1 is 1.50 bits per heavy atom. The van der Waals surface area contributed by atoms with Crippen LogP contribution in [0.2, 0.25) is 5.09 Å². The maximum atomic E-state index is 3.56. The fourth-order valence-corrected chi connectivity index (χ4v) is 0.474. The van der Waals surface area contributed by atoms with Crippen molar-refractivity contribution in [3.05, 3.63) is 24.8 Å². The molecule has 0 heterocycles. The van der Waals surface area contributed by atoms with Crippen LogP contribution in [0.25, 0.3) is 0 Å². The van der Waals surface area contributed by atoms with Gasteiger partial charge in [0.15, 0.2) is 0 Å². The molecule has 0 aromatic heterocycles. The molecule has 0 N–H and O–H groups in total. The maximum absolute atomic E-state index is 3.56. The third-order valence-corrected chi connectivity index (χ3v) is 1.31. The molecule has 0 aliphatic carbocycles. The third kappa shape index (κ3) is 22.5. The molecule has 0 spiro atoms. The van der Waals surface area contributed by atoms with Gasteiger partial charge in [-0.25, -0.2) is 0 Å². The molecule has 0 aliphatic rings. The zero-order valence-electron chi connectivity index (χ0n) is 9.06. The zero-order valence-corrected chi connectivity index (χ0v) is 9.06. The van der Waals surface area contributed by atoms with Gasteiger partial charge >= 0.3 is 54.8 Å². The molecule has 0 aromatic rings. The number of rotatable bonds is 4. The summed E-state index contributed by atoms with van der Waals surface area (Å²) in [5, 5.41) is 1.30. The summed E-state index contributed by atoms with van der Waals surface area (Å²) in [6.45, 7) is 10.2. The molecular formula is C10H20LiN. The van der Waals surface area contributed by atoms with Gasteiger partial charge in [-0.1, -0.05) is 24.8 Å². The van der Waals surface area contributed by atoms with E-state index in [1.54, 1.807) is 6.08 Å². The first-order valence-electron chi connectivity index (χ1n) is 4.47. The summed E-state index contributed by atoms with van der Waals surface area (Å²) in [6.07, 6.45) is 3.05. The standard InChI is InChI=1S/C5H12N.C5H8.Li/c1-4-5-6(2)3;1-4-5(2)3;/h1,4-5H2,2-3H3;4H,1-2H2,3H3;. The van der Waals surface area contributed by atoms with Gasteiger partial charge in [-0.2, -0.15) is 0 Å². The Bertz CT molecular complexity index is 119. The Morgan fingerprint density at radius 3 is 2.00 bits per heavy atom. The van der Waals surface area contributed by atoms with Crippen LogP contribution in [0.5, 0.6) is 0 Å². The average molecular weight is 161 g/mol. The molecule has 0 atom stereocenters. The summed E-state index contributed by atoms with van der Waals surface area (Å²) in [5.41, 5.74) is 1.02. The number of allylic oxidation sites excluding steroid dienone is 2. The second-order valence-electron chi connectivity index (χ2n) is 3.21. The summed E-state index contributed by atoms with van der Waals surface area (Å²) in [4.78, 5) is 2.21. The SMILES string of the molecule is C=CC(=C)C.[Li][CH2]CCN(C)C. The van der Waals surface area contributed by atoms with Crippen molar-refractivity contribution in [3.63, 3.8) is 0 Å². The quantitative estimate of drug-likeness (QED) is 0.451. The second kappa shape index (κ2) is 11.0. The van der Waals surface area contributed by atoms with Gasteiger partial charge in [-0.15, -0.1) is 0 Å². The third-order valence-electron chi connectivity index (χ3n) is 1.31. The van der Waals surface area contributed by atoms with E-state index in [1.807, 2.05) is 6.92 Å². The van der Waals surface area contributed by atoms with Crippen LogP contribution in [-0.4, -0.2) is 43.3 Å². The topological polar surface area (TPSA) is 3.24 Å². The molecule has 0 amide bonds. The Balaban J connectivity index is 0. The van der Waals surface area contributed by atoms with Crippen molar-refractivity contribution in [2.45, 2.75) is 18.4 Å². The van der Waals surface area contributed by atoms with E-state index in [9.17, 15) is 0 Å². The number of hydrogen-bond acceptors (Lipinski definition) is 1. The first-order chi connectivity index (χ1) is 5.54. The monoisotopic (exact) mass is 161 g/mol. The van der Waals surface area contributed by atoms with Crippen LogP contribution >= 0.6 is 0 Å². The van der Waals surface area contributed by atoms with Crippen molar-refractivity contribution in [1.29, 1.82) is 0 Å². The van der Waals surface area contributed by atoms with Gasteiger partial charge in [-0.05, 0) is 6.92 Å². The van der Waals surface area contributed by atoms with Gasteiger partial charge in [0.1, 0.15) is 0 Å². The molecule has 0 fully saturated rings. The van der Waals surface area contributed by atoms with Crippen molar-refractivity contribution in [2.75, 3.05) is 20.6 Å². The Hall–Kier alpha value is 0.0374. The van der Waals surface area contributed by atoms with Crippen molar-refractivity contribution < 1.29 is 0 Å². The van der Waals surface area contributed by atoms with Gasteiger partial charge in [-0.3, -0.25) is 0 Å². The summed E-state index contributed by atoms with van der Waals surface area (Å²) in [5.74, 6) is 0. The summed E-state index contributed by atoms with van der Waals surface area (Å²) in [7, 11) is 4.21. The molecule has 0 saturated heterocycles. The van der Waals surface area contributed by atoms with Gasteiger partial charge < -0.3 is 0 Å². The molecule has 0 aliphatic heterocycles. The van der Waals surface area contributed by atoms with E-state index in [0.717, 1.165) is 5.57 Å². The Morgan fingerprint density at radius 2 is 1.92 bits per heavy atom. The van der Waals surface area contributed by atoms with E-state index in [2.05, 4.69) is 49.9 Å². The van der Waals surface area contributed by atoms with Crippen molar-refractivity contribution in [1.82, 2.24) is 4.90 Å². The van der Waals surface area contributed by atoms with Crippen LogP contribution < -0.4 is 0 Å². The molecule has 12 heavy (non-hydrogen) atoms. The molecule has 0 bridgehead atoms. The van der Waals surface area contributed by atoms with E-state index < -0.39 is 0 Å². The van der Waals surface area contributed by atoms with E-state index in [0.29, 0.717) is 0 Å². The Kier molecular flexibility index (Phi) is 13.4.